The van der Waals surface area contributed by atoms with Crippen molar-refractivity contribution in [1.82, 2.24) is 0 Å². The van der Waals surface area contributed by atoms with E-state index in [2.05, 4.69) is 0 Å². The molecule has 3 aromatic carbocycles. The molecule has 1 aliphatic heterocycles. The number of methoxy groups -OCH3 is 2. The molecular formula is C26H23NO4S. The van der Waals surface area contributed by atoms with Gasteiger partial charge in [0.2, 0.25) is 0 Å². The molecule has 0 radical (unpaired) electrons. The third-order valence-electron chi connectivity index (χ3n) is 5.39. The highest BCUT2D eigenvalue weighted by molar-refractivity contribution is 8.04. The molecule has 4 rings (SSSR count). The van der Waals surface area contributed by atoms with E-state index >= 15 is 0 Å². The molecule has 1 aliphatic rings. The minimum absolute atomic E-state index is 0.368. The number of carbonyl (C=O) groups excluding carboxylic acids is 2. The van der Waals surface area contributed by atoms with Gasteiger partial charge in [-0.1, -0.05) is 48.2 Å². The first-order valence-corrected chi connectivity index (χ1v) is 10.9. The smallest absolute Gasteiger partial charge is 0.272 e. The Hall–Kier alpha value is -3.51. The normalized spacial score (nSPS) is 13.7. The molecule has 0 bridgehead atoms. The van der Waals surface area contributed by atoms with E-state index in [9.17, 15) is 9.59 Å². The van der Waals surface area contributed by atoms with E-state index in [4.69, 9.17) is 9.47 Å². The van der Waals surface area contributed by atoms with E-state index < -0.39 is 0 Å². The molecule has 162 valence electrons. The monoisotopic (exact) mass is 445 g/mol. The molecule has 5 nitrogen and oxygen atoms in total. The quantitative estimate of drug-likeness (QED) is 0.476. The van der Waals surface area contributed by atoms with E-state index in [0.717, 1.165) is 21.6 Å². The fraction of sp³-hybridized carbons (Fsp3) is 0.154. The fourth-order valence-electron chi connectivity index (χ4n) is 3.52. The Morgan fingerprint density at radius 2 is 1.41 bits per heavy atom. The minimum atomic E-state index is -0.369. The predicted octanol–water partition coefficient (Wildman–Crippen LogP) is 5.40. The van der Waals surface area contributed by atoms with Crippen LogP contribution in [-0.4, -0.2) is 26.0 Å². The molecule has 0 fully saturated rings. The first-order chi connectivity index (χ1) is 15.4. The van der Waals surface area contributed by atoms with Gasteiger partial charge in [0.25, 0.3) is 11.8 Å². The van der Waals surface area contributed by atoms with E-state index in [0.29, 0.717) is 27.7 Å². The van der Waals surface area contributed by atoms with Crippen LogP contribution in [0.3, 0.4) is 0 Å². The maximum Gasteiger partial charge on any atom is 0.272 e. The number of aryl methyl sites for hydroxylation is 2. The van der Waals surface area contributed by atoms with Crippen molar-refractivity contribution in [1.29, 1.82) is 0 Å². The van der Waals surface area contributed by atoms with Crippen molar-refractivity contribution in [3.63, 3.8) is 0 Å². The largest absolute Gasteiger partial charge is 0.497 e. The Morgan fingerprint density at radius 1 is 0.750 bits per heavy atom. The number of amides is 2. The van der Waals surface area contributed by atoms with Gasteiger partial charge in [-0.2, -0.15) is 0 Å². The molecular weight excluding hydrogens is 422 g/mol. The summed E-state index contributed by atoms with van der Waals surface area (Å²) in [6.45, 7) is 4.01. The summed E-state index contributed by atoms with van der Waals surface area (Å²) in [6, 6.07) is 20.4. The van der Waals surface area contributed by atoms with Crippen LogP contribution in [0.25, 0.3) is 5.57 Å². The van der Waals surface area contributed by atoms with Crippen LogP contribution in [-0.2, 0) is 9.59 Å². The van der Waals surface area contributed by atoms with Gasteiger partial charge in [0.05, 0.1) is 30.4 Å². The number of carbonyl (C=O) groups is 2. The molecule has 0 saturated carbocycles. The van der Waals surface area contributed by atoms with Crippen LogP contribution in [0, 0.1) is 13.8 Å². The van der Waals surface area contributed by atoms with E-state index in [1.807, 2.05) is 62.4 Å². The first-order valence-electron chi connectivity index (χ1n) is 10.1. The molecule has 0 spiro atoms. The highest BCUT2D eigenvalue weighted by Crippen LogP contribution is 2.42. The SMILES string of the molecule is COc1cc(OC)cc(N2C(=O)C(Sc3ccccc3)=C(c3ccc(C)c(C)c3)C2=O)c1. The number of thioether (sulfide) groups is 1. The zero-order valence-electron chi connectivity index (χ0n) is 18.3. The summed E-state index contributed by atoms with van der Waals surface area (Å²) >= 11 is 1.30. The van der Waals surface area contributed by atoms with Crippen molar-refractivity contribution in [3.8, 4) is 11.5 Å². The Kier molecular flexibility index (Phi) is 6.06. The number of hydrogen-bond acceptors (Lipinski definition) is 5. The fourth-order valence-corrected chi connectivity index (χ4v) is 4.53. The molecule has 1 heterocycles. The van der Waals surface area contributed by atoms with Gasteiger partial charge >= 0.3 is 0 Å². The second kappa shape index (κ2) is 8.93. The average Bonchev–Trinajstić information content (AvgIpc) is 3.05. The summed E-state index contributed by atoms with van der Waals surface area (Å²) in [5.74, 6) is 0.257. The Morgan fingerprint density at radius 3 is 2.00 bits per heavy atom. The predicted molar refractivity (Wildman–Crippen MR) is 127 cm³/mol. The lowest BCUT2D eigenvalue weighted by Crippen LogP contribution is -2.31. The summed E-state index contributed by atoms with van der Waals surface area (Å²) < 4.78 is 10.7. The average molecular weight is 446 g/mol. The van der Waals surface area contributed by atoms with E-state index in [1.54, 1.807) is 18.2 Å². The van der Waals surface area contributed by atoms with Gasteiger partial charge in [-0.15, -0.1) is 0 Å². The van der Waals surface area contributed by atoms with Crippen LogP contribution in [0.2, 0.25) is 0 Å². The molecule has 0 unspecified atom stereocenters. The van der Waals surface area contributed by atoms with Gasteiger partial charge in [-0.25, -0.2) is 4.90 Å². The zero-order chi connectivity index (χ0) is 22.8. The molecule has 0 aliphatic carbocycles. The summed E-state index contributed by atoms with van der Waals surface area (Å²) in [4.78, 5) is 29.7. The molecule has 2 amide bonds. The van der Waals surface area contributed by atoms with Crippen LogP contribution in [0.1, 0.15) is 16.7 Å². The zero-order valence-corrected chi connectivity index (χ0v) is 19.2. The lowest BCUT2D eigenvalue weighted by Gasteiger charge is -2.17. The Labute approximate surface area is 191 Å². The van der Waals surface area contributed by atoms with Gasteiger partial charge in [0.15, 0.2) is 0 Å². The van der Waals surface area contributed by atoms with Crippen LogP contribution in [0.15, 0.2) is 76.5 Å². The summed E-state index contributed by atoms with van der Waals surface area (Å²) in [5.41, 5.74) is 3.70. The molecule has 32 heavy (non-hydrogen) atoms. The minimum Gasteiger partial charge on any atom is -0.497 e. The Bertz CT molecular complexity index is 1210. The first kappa shape index (κ1) is 21.7. The molecule has 6 heteroatoms. The van der Waals surface area contributed by atoms with Crippen molar-refractivity contribution < 1.29 is 19.1 Å². The molecule has 0 N–H and O–H groups in total. The number of nitrogens with zero attached hydrogens (tertiary/aromatic N) is 1. The van der Waals surface area contributed by atoms with Crippen LogP contribution < -0.4 is 14.4 Å². The lowest BCUT2D eigenvalue weighted by atomic mass is 10.0. The van der Waals surface area contributed by atoms with Crippen molar-refractivity contribution in [3.05, 3.63) is 88.3 Å². The summed E-state index contributed by atoms with van der Waals surface area (Å²) in [7, 11) is 3.06. The molecule has 0 atom stereocenters. The van der Waals surface area contributed by atoms with Gasteiger partial charge in [-0.05, 0) is 42.7 Å². The number of rotatable bonds is 6. The summed E-state index contributed by atoms with van der Waals surface area (Å²) in [6.07, 6.45) is 0. The molecule has 0 saturated heterocycles. The molecule has 3 aromatic rings. The number of imide groups is 1. The van der Waals surface area contributed by atoms with Crippen LogP contribution in [0.5, 0.6) is 11.5 Å². The molecule has 0 aromatic heterocycles. The number of ether oxygens (including phenoxy) is 2. The highest BCUT2D eigenvalue weighted by atomic mass is 32.2. The Balaban J connectivity index is 1.85. The third-order valence-corrected chi connectivity index (χ3v) is 6.49. The second-order valence-corrected chi connectivity index (χ2v) is 8.52. The van der Waals surface area contributed by atoms with Crippen molar-refractivity contribution in [2.24, 2.45) is 0 Å². The highest BCUT2D eigenvalue weighted by Gasteiger charge is 2.41. The van der Waals surface area contributed by atoms with Crippen molar-refractivity contribution in [2.75, 3.05) is 19.1 Å². The second-order valence-electron chi connectivity index (χ2n) is 7.43. The number of anilines is 1. The maximum absolute atomic E-state index is 13.7. The number of hydrogen-bond donors (Lipinski definition) is 0. The lowest BCUT2D eigenvalue weighted by molar-refractivity contribution is -0.119. The summed E-state index contributed by atoms with van der Waals surface area (Å²) in [5, 5.41) is 0. The van der Waals surface area contributed by atoms with Crippen molar-refractivity contribution >= 4 is 34.8 Å². The van der Waals surface area contributed by atoms with Gasteiger partial charge < -0.3 is 9.47 Å². The standard InChI is InChI=1S/C26H23NO4S/c1-16-10-11-18(12-17(16)2)23-24(32-22-8-6-5-7-9-22)26(29)27(25(23)28)19-13-20(30-3)15-21(14-19)31-4/h5-15H,1-4H3. The maximum atomic E-state index is 13.7. The number of benzene rings is 3. The van der Waals surface area contributed by atoms with Crippen LogP contribution >= 0.6 is 11.8 Å². The topological polar surface area (TPSA) is 55.8 Å². The van der Waals surface area contributed by atoms with Gasteiger partial charge in [0, 0.05) is 23.1 Å². The van der Waals surface area contributed by atoms with Gasteiger partial charge in [0.1, 0.15) is 11.5 Å². The van der Waals surface area contributed by atoms with E-state index in [-0.39, 0.29) is 11.8 Å². The van der Waals surface area contributed by atoms with Crippen molar-refractivity contribution in [2.45, 2.75) is 18.7 Å². The van der Waals surface area contributed by atoms with Gasteiger partial charge in [-0.3, -0.25) is 9.59 Å². The van der Waals surface area contributed by atoms with E-state index in [1.165, 1.54) is 30.9 Å². The third kappa shape index (κ3) is 4.01. The van der Waals surface area contributed by atoms with Crippen LogP contribution in [0.4, 0.5) is 5.69 Å².